The van der Waals surface area contributed by atoms with Crippen molar-refractivity contribution in [3.05, 3.63) is 59.4 Å². The molecule has 0 bridgehead atoms. The number of anilines is 2. The molecule has 3 aromatic heterocycles. The molecule has 7 nitrogen and oxygen atoms in total. The van der Waals surface area contributed by atoms with Gasteiger partial charge in [0.15, 0.2) is 9.47 Å². The maximum Gasteiger partial charge on any atom is 0.236 e. The van der Waals surface area contributed by atoms with Crippen LogP contribution in [0.15, 0.2) is 56.8 Å². The molecular formula is C19H17N5O2S3. The van der Waals surface area contributed by atoms with Gasteiger partial charge in [0.25, 0.3) is 0 Å². The number of aromatic nitrogens is 3. The minimum absolute atomic E-state index is 0.125. The molecule has 2 N–H and O–H groups in total. The highest BCUT2D eigenvalue weighted by Gasteiger charge is 2.11. The van der Waals surface area contributed by atoms with Crippen molar-refractivity contribution in [2.24, 2.45) is 0 Å². The van der Waals surface area contributed by atoms with Gasteiger partial charge in [-0.25, -0.2) is 4.98 Å². The van der Waals surface area contributed by atoms with Gasteiger partial charge in [-0.15, -0.1) is 21.5 Å². The Morgan fingerprint density at radius 3 is 2.83 bits per heavy atom. The van der Waals surface area contributed by atoms with Gasteiger partial charge in [0.2, 0.25) is 11.0 Å². The number of furan rings is 1. The molecule has 0 aliphatic rings. The average molecular weight is 444 g/mol. The summed E-state index contributed by atoms with van der Waals surface area (Å²) in [5, 5.41) is 17.4. The molecular weight excluding hydrogens is 426 g/mol. The lowest BCUT2D eigenvalue weighted by molar-refractivity contribution is -0.113. The second kappa shape index (κ2) is 9.21. The summed E-state index contributed by atoms with van der Waals surface area (Å²) in [4.78, 5) is 16.7. The van der Waals surface area contributed by atoms with Crippen LogP contribution in [-0.4, -0.2) is 26.8 Å². The molecule has 0 radical (unpaired) electrons. The van der Waals surface area contributed by atoms with E-state index in [1.807, 2.05) is 48.7 Å². The molecule has 4 aromatic rings. The summed E-state index contributed by atoms with van der Waals surface area (Å²) in [6, 6.07) is 11.9. The number of thioether (sulfide) groups is 1. The highest BCUT2D eigenvalue weighted by atomic mass is 32.2. The summed E-state index contributed by atoms with van der Waals surface area (Å²) in [5.74, 6) is 0.939. The molecule has 0 spiro atoms. The molecule has 3 heterocycles. The molecule has 0 atom stereocenters. The van der Waals surface area contributed by atoms with Crippen LogP contribution in [0.4, 0.5) is 10.3 Å². The van der Waals surface area contributed by atoms with Crippen LogP contribution in [0.1, 0.15) is 11.3 Å². The van der Waals surface area contributed by atoms with Gasteiger partial charge in [0.05, 0.1) is 24.3 Å². The van der Waals surface area contributed by atoms with Gasteiger partial charge >= 0.3 is 0 Å². The van der Waals surface area contributed by atoms with Gasteiger partial charge in [-0.05, 0) is 19.1 Å². The van der Waals surface area contributed by atoms with Crippen LogP contribution >= 0.6 is 34.4 Å². The van der Waals surface area contributed by atoms with Crippen molar-refractivity contribution in [1.82, 2.24) is 15.2 Å². The maximum atomic E-state index is 12.2. The fraction of sp³-hybridized carbons (Fsp3) is 0.158. The Hall–Kier alpha value is -2.69. The number of amides is 1. The lowest BCUT2D eigenvalue weighted by Crippen LogP contribution is -2.13. The van der Waals surface area contributed by atoms with Crippen LogP contribution in [-0.2, 0) is 11.3 Å². The van der Waals surface area contributed by atoms with E-state index in [4.69, 9.17) is 4.42 Å². The van der Waals surface area contributed by atoms with Gasteiger partial charge in [0.1, 0.15) is 5.76 Å². The zero-order chi connectivity index (χ0) is 20.1. The molecule has 29 heavy (non-hydrogen) atoms. The monoisotopic (exact) mass is 443 g/mol. The van der Waals surface area contributed by atoms with Crippen molar-refractivity contribution in [2.75, 3.05) is 16.4 Å². The van der Waals surface area contributed by atoms with Crippen molar-refractivity contribution < 1.29 is 9.21 Å². The molecule has 10 heteroatoms. The largest absolute Gasteiger partial charge is 0.467 e. The number of nitrogens with zero attached hydrogens (tertiary/aromatic N) is 3. The summed E-state index contributed by atoms with van der Waals surface area (Å²) >= 11 is 4.15. The van der Waals surface area contributed by atoms with Crippen molar-refractivity contribution in [3.63, 3.8) is 0 Å². The highest BCUT2D eigenvalue weighted by Crippen LogP contribution is 2.27. The Balaban J connectivity index is 1.25. The molecule has 0 aliphatic carbocycles. The van der Waals surface area contributed by atoms with E-state index in [2.05, 4.69) is 25.8 Å². The van der Waals surface area contributed by atoms with E-state index >= 15 is 0 Å². The molecule has 0 saturated carbocycles. The second-order valence-electron chi connectivity index (χ2n) is 6.05. The summed E-state index contributed by atoms with van der Waals surface area (Å²) in [5.41, 5.74) is 3.09. The number of hydrogen-bond acceptors (Lipinski definition) is 9. The van der Waals surface area contributed by atoms with E-state index in [0.717, 1.165) is 21.4 Å². The van der Waals surface area contributed by atoms with E-state index in [1.54, 1.807) is 6.26 Å². The standard InChI is InChI=1S/C19H17N5O2S3/c1-12-4-6-13(7-5-12)15-10-27-18(21-15)22-16(25)11-28-19-24-23-17(29-19)20-9-14-3-2-8-26-14/h2-8,10H,9,11H2,1H3,(H,20,23)(H,21,22,25). The fourth-order valence-electron chi connectivity index (χ4n) is 2.39. The van der Waals surface area contributed by atoms with Crippen LogP contribution in [0.5, 0.6) is 0 Å². The molecule has 0 aliphatic heterocycles. The first-order chi connectivity index (χ1) is 14.2. The topological polar surface area (TPSA) is 92.9 Å². The molecule has 4 rings (SSSR count). The van der Waals surface area contributed by atoms with Crippen molar-refractivity contribution >= 4 is 50.6 Å². The average Bonchev–Trinajstić information content (AvgIpc) is 3.47. The van der Waals surface area contributed by atoms with Gasteiger partial charge in [-0.3, -0.25) is 4.79 Å². The Morgan fingerprint density at radius 2 is 2.03 bits per heavy atom. The highest BCUT2D eigenvalue weighted by molar-refractivity contribution is 8.01. The third-order valence-corrected chi connectivity index (χ3v) is 6.60. The Morgan fingerprint density at radius 1 is 1.17 bits per heavy atom. The minimum Gasteiger partial charge on any atom is -0.467 e. The third kappa shape index (κ3) is 5.43. The minimum atomic E-state index is -0.125. The normalized spacial score (nSPS) is 10.8. The molecule has 0 saturated heterocycles. The predicted octanol–water partition coefficient (Wildman–Crippen LogP) is 4.91. The first-order valence-electron chi connectivity index (χ1n) is 8.71. The quantitative estimate of drug-likeness (QED) is 0.374. The van der Waals surface area contributed by atoms with Crippen LogP contribution in [0.2, 0.25) is 0 Å². The van der Waals surface area contributed by atoms with Crippen LogP contribution in [0, 0.1) is 6.92 Å². The maximum absolute atomic E-state index is 12.2. The van der Waals surface area contributed by atoms with Crippen LogP contribution in [0.25, 0.3) is 11.3 Å². The van der Waals surface area contributed by atoms with Gasteiger partial charge < -0.3 is 15.1 Å². The van der Waals surface area contributed by atoms with Crippen molar-refractivity contribution in [2.45, 2.75) is 17.8 Å². The SMILES string of the molecule is Cc1ccc(-c2csc(NC(=O)CSc3nnc(NCc4ccco4)s3)n2)cc1. The second-order valence-corrected chi connectivity index (χ2v) is 9.10. The van der Waals surface area contributed by atoms with Gasteiger partial charge in [0, 0.05) is 10.9 Å². The van der Waals surface area contributed by atoms with E-state index in [1.165, 1.54) is 40.0 Å². The van der Waals surface area contributed by atoms with Gasteiger partial charge in [-0.1, -0.05) is 52.9 Å². The van der Waals surface area contributed by atoms with E-state index in [-0.39, 0.29) is 11.7 Å². The lowest BCUT2D eigenvalue weighted by Gasteiger charge is -2.00. The molecule has 1 aromatic carbocycles. The first kappa shape index (κ1) is 19.6. The number of carbonyl (C=O) groups excluding carboxylic acids is 1. The van der Waals surface area contributed by atoms with E-state index in [9.17, 15) is 4.79 Å². The number of rotatable bonds is 8. The summed E-state index contributed by atoms with van der Waals surface area (Å²) < 4.78 is 5.99. The lowest BCUT2D eigenvalue weighted by atomic mass is 10.1. The third-order valence-electron chi connectivity index (χ3n) is 3.83. The Kier molecular flexibility index (Phi) is 6.23. The molecule has 0 unspecified atom stereocenters. The number of benzene rings is 1. The molecule has 148 valence electrons. The van der Waals surface area contributed by atoms with Gasteiger partial charge in [-0.2, -0.15) is 0 Å². The number of aryl methyl sites for hydroxylation is 1. The van der Waals surface area contributed by atoms with Crippen molar-refractivity contribution in [3.8, 4) is 11.3 Å². The molecule has 0 fully saturated rings. The zero-order valence-corrected chi connectivity index (χ0v) is 17.9. The number of nitrogens with one attached hydrogen (secondary N) is 2. The van der Waals surface area contributed by atoms with Crippen LogP contribution in [0.3, 0.4) is 0 Å². The Labute approximate surface area is 179 Å². The number of carbonyl (C=O) groups is 1. The van der Waals surface area contributed by atoms with E-state index in [0.29, 0.717) is 16.8 Å². The molecule has 1 amide bonds. The summed E-state index contributed by atoms with van der Waals surface area (Å²) in [6.45, 7) is 2.59. The number of thiazole rings is 1. The smallest absolute Gasteiger partial charge is 0.236 e. The predicted molar refractivity (Wildman–Crippen MR) is 118 cm³/mol. The van der Waals surface area contributed by atoms with E-state index < -0.39 is 0 Å². The fourth-order valence-corrected chi connectivity index (χ4v) is 4.67. The first-order valence-corrected chi connectivity index (χ1v) is 11.4. The summed E-state index contributed by atoms with van der Waals surface area (Å²) in [6.07, 6.45) is 1.63. The van der Waals surface area contributed by atoms with Crippen molar-refractivity contribution in [1.29, 1.82) is 0 Å². The Bertz CT molecular complexity index is 1070. The van der Waals surface area contributed by atoms with Crippen LogP contribution < -0.4 is 10.6 Å². The number of hydrogen-bond donors (Lipinski definition) is 2. The zero-order valence-electron chi connectivity index (χ0n) is 15.4. The summed E-state index contributed by atoms with van der Waals surface area (Å²) in [7, 11) is 0.